The van der Waals surface area contributed by atoms with E-state index in [-0.39, 0.29) is 17.9 Å². The van der Waals surface area contributed by atoms with E-state index in [0.29, 0.717) is 10.4 Å². The highest BCUT2D eigenvalue weighted by Gasteiger charge is 2.14. The minimum Gasteiger partial charge on any atom is -0.319 e. The Morgan fingerprint density at radius 3 is 2.85 bits per heavy atom. The van der Waals surface area contributed by atoms with Gasteiger partial charge in [-0.2, -0.15) is 4.99 Å². The van der Waals surface area contributed by atoms with Gasteiger partial charge in [-0.3, -0.25) is 14.7 Å². The standard InChI is InChI=1S/C18H17N5O2S/c1-10-12(11(2)23-15(19-10)9-17(25)21-23)8-16(24)20-18-22(3)13-6-4-5-7-14(13)26-18/h4-7,9H,8H2,1-3H3,(H,21,25). The van der Waals surface area contributed by atoms with Crippen molar-refractivity contribution >= 4 is 33.1 Å². The molecular formula is C18H17N5O2S. The van der Waals surface area contributed by atoms with Crippen molar-refractivity contribution in [2.45, 2.75) is 20.3 Å². The lowest BCUT2D eigenvalue weighted by Crippen LogP contribution is -2.16. The van der Waals surface area contributed by atoms with Crippen LogP contribution in [-0.4, -0.2) is 25.1 Å². The van der Waals surface area contributed by atoms with Crippen LogP contribution in [-0.2, 0) is 18.3 Å². The third-order valence-electron chi connectivity index (χ3n) is 4.47. The molecule has 0 unspecified atom stereocenters. The highest BCUT2D eigenvalue weighted by atomic mass is 32.1. The van der Waals surface area contributed by atoms with Crippen molar-refractivity contribution in [3.05, 3.63) is 62.4 Å². The predicted octanol–water partition coefficient (Wildman–Crippen LogP) is 1.86. The highest BCUT2D eigenvalue weighted by Crippen LogP contribution is 2.16. The number of hydrogen-bond donors (Lipinski definition) is 1. The average Bonchev–Trinajstić information content (AvgIpc) is 3.12. The maximum Gasteiger partial charge on any atom is 0.266 e. The van der Waals surface area contributed by atoms with E-state index in [0.717, 1.165) is 27.2 Å². The van der Waals surface area contributed by atoms with Crippen LogP contribution >= 0.6 is 11.3 Å². The molecule has 0 fully saturated rings. The van der Waals surface area contributed by atoms with Crippen LogP contribution in [0, 0.1) is 13.8 Å². The molecule has 7 nitrogen and oxygen atoms in total. The van der Waals surface area contributed by atoms with Gasteiger partial charge in [0.2, 0.25) is 0 Å². The van der Waals surface area contributed by atoms with Gasteiger partial charge in [0.15, 0.2) is 10.4 Å². The van der Waals surface area contributed by atoms with Crippen LogP contribution in [0.3, 0.4) is 0 Å². The summed E-state index contributed by atoms with van der Waals surface area (Å²) in [5.74, 6) is -0.242. The van der Waals surface area contributed by atoms with Gasteiger partial charge in [0, 0.05) is 30.1 Å². The van der Waals surface area contributed by atoms with Crippen molar-refractivity contribution in [1.82, 2.24) is 19.2 Å². The minimum atomic E-state index is -0.242. The number of benzene rings is 1. The maximum atomic E-state index is 12.6. The smallest absolute Gasteiger partial charge is 0.266 e. The lowest BCUT2D eigenvalue weighted by atomic mass is 10.1. The summed E-state index contributed by atoms with van der Waals surface area (Å²) in [6, 6.07) is 9.39. The number of H-pyrrole nitrogens is 1. The Kier molecular flexibility index (Phi) is 3.84. The molecule has 8 heteroatoms. The Morgan fingerprint density at radius 1 is 1.31 bits per heavy atom. The molecule has 0 aliphatic heterocycles. The van der Waals surface area contributed by atoms with Gasteiger partial charge in [-0.15, -0.1) is 0 Å². The Labute approximate surface area is 152 Å². The van der Waals surface area contributed by atoms with Crippen LogP contribution in [0.2, 0.25) is 0 Å². The Morgan fingerprint density at radius 2 is 2.08 bits per heavy atom. The van der Waals surface area contributed by atoms with E-state index in [1.165, 1.54) is 17.4 Å². The lowest BCUT2D eigenvalue weighted by molar-refractivity contribution is -0.117. The second-order valence-electron chi connectivity index (χ2n) is 6.17. The number of aryl methyl sites for hydroxylation is 3. The number of rotatable bonds is 2. The van der Waals surface area contributed by atoms with Crippen molar-refractivity contribution in [2.24, 2.45) is 12.0 Å². The van der Waals surface area contributed by atoms with E-state index in [9.17, 15) is 9.59 Å². The summed E-state index contributed by atoms with van der Waals surface area (Å²) in [5, 5.41) is 2.70. The van der Waals surface area contributed by atoms with Crippen LogP contribution in [0.15, 0.2) is 40.1 Å². The molecular weight excluding hydrogens is 350 g/mol. The number of carbonyl (C=O) groups is 1. The Hall–Kier alpha value is -3.00. The third-order valence-corrected chi connectivity index (χ3v) is 5.58. The van der Waals surface area contributed by atoms with E-state index in [1.54, 1.807) is 4.52 Å². The van der Waals surface area contributed by atoms with Gasteiger partial charge >= 0.3 is 0 Å². The first-order valence-corrected chi connectivity index (χ1v) is 8.95. The molecule has 132 valence electrons. The zero-order valence-electron chi connectivity index (χ0n) is 14.6. The van der Waals surface area contributed by atoms with Crippen molar-refractivity contribution in [3.8, 4) is 0 Å². The monoisotopic (exact) mass is 367 g/mol. The van der Waals surface area contributed by atoms with Crippen LogP contribution < -0.4 is 10.4 Å². The van der Waals surface area contributed by atoms with E-state index in [4.69, 9.17) is 0 Å². The molecule has 26 heavy (non-hydrogen) atoms. The molecule has 1 aromatic carbocycles. The first-order chi connectivity index (χ1) is 12.4. The lowest BCUT2D eigenvalue weighted by Gasteiger charge is -2.09. The fraction of sp³-hybridized carbons (Fsp3) is 0.222. The highest BCUT2D eigenvalue weighted by molar-refractivity contribution is 7.16. The number of hydrogen-bond acceptors (Lipinski definition) is 4. The first kappa shape index (κ1) is 16.5. The molecule has 0 aliphatic carbocycles. The number of aromatic amines is 1. The first-order valence-electron chi connectivity index (χ1n) is 8.14. The van der Waals surface area contributed by atoms with Crippen LogP contribution in [0.4, 0.5) is 0 Å². The molecule has 0 aliphatic rings. The van der Waals surface area contributed by atoms with Gasteiger partial charge in [0.25, 0.3) is 11.5 Å². The number of nitrogens with one attached hydrogen (secondary N) is 1. The number of fused-ring (bicyclic) bond motifs is 2. The van der Waals surface area contributed by atoms with Crippen molar-refractivity contribution in [2.75, 3.05) is 0 Å². The second-order valence-corrected chi connectivity index (χ2v) is 7.18. The third kappa shape index (κ3) is 2.68. The van der Waals surface area contributed by atoms with Crippen LogP contribution in [0.5, 0.6) is 0 Å². The number of aromatic nitrogens is 4. The second kappa shape index (κ2) is 6.06. The molecule has 0 bridgehead atoms. The quantitative estimate of drug-likeness (QED) is 0.587. The number of amides is 1. The zero-order valence-corrected chi connectivity index (χ0v) is 15.4. The molecule has 3 heterocycles. The van der Waals surface area contributed by atoms with Gasteiger partial charge < -0.3 is 4.57 Å². The Bertz CT molecular complexity index is 1290. The van der Waals surface area contributed by atoms with Crippen molar-refractivity contribution in [1.29, 1.82) is 0 Å². The molecule has 1 amide bonds. The van der Waals surface area contributed by atoms with Gasteiger partial charge in [-0.05, 0) is 26.0 Å². The molecule has 0 radical (unpaired) electrons. The summed E-state index contributed by atoms with van der Waals surface area (Å²) >= 11 is 1.48. The van der Waals surface area contributed by atoms with Gasteiger partial charge in [0.1, 0.15) is 0 Å². The summed E-state index contributed by atoms with van der Waals surface area (Å²) in [6.07, 6.45) is 0.134. The molecule has 4 rings (SSSR count). The minimum absolute atomic E-state index is 0.134. The van der Waals surface area contributed by atoms with Gasteiger partial charge in [-0.1, -0.05) is 23.5 Å². The summed E-state index contributed by atoms with van der Waals surface area (Å²) in [7, 11) is 1.90. The van der Waals surface area contributed by atoms with E-state index in [2.05, 4.69) is 15.1 Å². The molecule has 0 spiro atoms. The zero-order chi connectivity index (χ0) is 18.4. The fourth-order valence-corrected chi connectivity index (χ4v) is 4.13. The number of thiazole rings is 1. The van der Waals surface area contributed by atoms with E-state index >= 15 is 0 Å². The van der Waals surface area contributed by atoms with Crippen molar-refractivity contribution in [3.63, 3.8) is 0 Å². The van der Waals surface area contributed by atoms with E-state index in [1.807, 2.05) is 49.7 Å². The molecule has 0 atom stereocenters. The summed E-state index contributed by atoms with van der Waals surface area (Å²) in [6.45, 7) is 3.70. The molecule has 0 saturated carbocycles. The molecule has 4 aromatic rings. The van der Waals surface area contributed by atoms with Crippen LogP contribution in [0.25, 0.3) is 15.9 Å². The maximum absolute atomic E-state index is 12.6. The topological polar surface area (TPSA) is 84.5 Å². The molecule has 3 aromatic heterocycles. The average molecular weight is 367 g/mol. The Balaban J connectivity index is 1.75. The number of nitrogens with zero attached hydrogens (tertiary/aromatic N) is 4. The summed E-state index contributed by atoms with van der Waals surface area (Å²) in [5.41, 5.74) is 3.68. The fourth-order valence-electron chi connectivity index (χ4n) is 3.10. The molecule has 0 saturated heterocycles. The SMILES string of the molecule is Cc1nc2cc(=O)[nH]n2c(C)c1CC(=O)N=c1sc2ccccc2n1C. The number of para-hydroxylation sites is 1. The largest absolute Gasteiger partial charge is 0.319 e. The predicted molar refractivity (Wildman–Crippen MR) is 100 cm³/mol. The van der Waals surface area contributed by atoms with Crippen LogP contribution in [0.1, 0.15) is 17.0 Å². The van der Waals surface area contributed by atoms with E-state index < -0.39 is 0 Å². The normalized spacial score (nSPS) is 12.3. The molecule has 1 N–H and O–H groups in total. The summed E-state index contributed by atoms with van der Waals surface area (Å²) in [4.78, 5) is 33.5. The number of carbonyl (C=O) groups excluding carboxylic acids is 1. The summed E-state index contributed by atoms with van der Waals surface area (Å²) < 4.78 is 4.61. The van der Waals surface area contributed by atoms with Gasteiger partial charge in [-0.25, -0.2) is 9.50 Å². The van der Waals surface area contributed by atoms with Gasteiger partial charge in [0.05, 0.1) is 16.6 Å². The van der Waals surface area contributed by atoms with Crippen molar-refractivity contribution < 1.29 is 4.79 Å².